The van der Waals surface area contributed by atoms with Crippen molar-refractivity contribution < 1.29 is 0 Å². The summed E-state index contributed by atoms with van der Waals surface area (Å²) < 4.78 is 0. The average molecular weight is 221 g/mol. The normalized spacial score (nSPS) is 25.4. The largest absolute Gasteiger partial charge is 0.198 e. The Bertz CT molecular complexity index is 239. The van der Waals surface area contributed by atoms with Crippen molar-refractivity contribution in [1.29, 1.82) is 5.26 Å². The molecule has 0 aliphatic heterocycles. The number of hydrogen-bond donors (Lipinski definition) is 0. The van der Waals surface area contributed by atoms with Gasteiger partial charge >= 0.3 is 0 Å². The third kappa shape index (κ3) is 4.56. The Kier molecular flexibility index (Phi) is 4.42. The average Bonchev–Trinajstić information content (AvgIpc) is 2.13. The van der Waals surface area contributed by atoms with Crippen molar-refractivity contribution >= 4 is 0 Å². The van der Waals surface area contributed by atoms with Crippen LogP contribution in [0.4, 0.5) is 0 Å². The van der Waals surface area contributed by atoms with E-state index in [-0.39, 0.29) is 0 Å². The van der Waals surface area contributed by atoms with E-state index in [0.717, 1.165) is 18.8 Å². The van der Waals surface area contributed by atoms with Crippen molar-refractivity contribution in [3.63, 3.8) is 0 Å². The van der Waals surface area contributed by atoms with E-state index in [9.17, 15) is 0 Å². The van der Waals surface area contributed by atoms with Crippen LogP contribution < -0.4 is 0 Å². The zero-order valence-corrected chi connectivity index (χ0v) is 11.5. The fourth-order valence-electron chi connectivity index (χ4n) is 3.36. The molecule has 1 aliphatic carbocycles. The fraction of sp³-hybridized carbons (Fsp3) is 0.933. The summed E-state index contributed by atoms with van der Waals surface area (Å²) in [5, 5.41) is 8.68. The summed E-state index contributed by atoms with van der Waals surface area (Å²) in [7, 11) is 0. The smallest absolute Gasteiger partial charge is 0.0621 e. The summed E-state index contributed by atoms with van der Waals surface area (Å²) in [5.74, 6) is 0.790. The van der Waals surface area contributed by atoms with E-state index in [1.165, 1.54) is 32.1 Å². The van der Waals surface area contributed by atoms with Gasteiger partial charge in [-0.2, -0.15) is 5.26 Å². The number of hydrogen-bond acceptors (Lipinski definition) is 1. The highest BCUT2D eigenvalue weighted by Gasteiger charge is 2.32. The van der Waals surface area contributed by atoms with Gasteiger partial charge in [-0.25, -0.2) is 0 Å². The molecule has 92 valence electrons. The molecular weight excluding hydrogens is 194 g/mol. The maximum Gasteiger partial charge on any atom is 0.0621 e. The molecule has 0 atom stereocenters. The van der Waals surface area contributed by atoms with Crippen molar-refractivity contribution in [2.45, 2.75) is 72.6 Å². The first-order valence-corrected chi connectivity index (χ1v) is 6.72. The third-order valence-electron chi connectivity index (χ3n) is 4.08. The van der Waals surface area contributed by atoms with Crippen LogP contribution in [0.3, 0.4) is 0 Å². The Balaban J connectivity index is 2.59. The molecule has 0 heterocycles. The minimum atomic E-state index is 0.481. The lowest BCUT2D eigenvalue weighted by atomic mass is 9.66. The lowest BCUT2D eigenvalue weighted by Crippen LogP contribution is -2.27. The van der Waals surface area contributed by atoms with E-state index in [1.807, 2.05) is 0 Å². The van der Waals surface area contributed by atoms with Crippen molar-refractivity contribution in [3.05, 3.63) is 0 Å². The molecular formula is C15H27N. The highest BCUT2D eigenvalue weighted by molar-refractivity contribution is 4.84. The van der Waals surface area contributed by atoms with E-state index >= 15 is 0 Å². The van der Waals surface area contributed by atoms with Crippen molar-refractivity contribution in [3.8, 4) is 6.07 Å². The number of rotatable bonds is 2. The number of nitriles is 1. The Morgan fingerprint density at radius 1 is 1.06 bits per heavy atom. The van der Waals surface area contributed by atoms with Gasteiger partial charge in [-0.1, -0.05) is 27.7 Å². The van der Waals surface area contributed by atoms with Crippen LogP contribution in [0.2, 0.25) is 0 Å². The van der Waals surface area contributed by atoms with Crippen LogP contribution in [-0.4, -0.2) is 0 Å². The third-order valence-corrected chi connectivity index (χ3v) is 4.08. The Hall–Kier alpha value is -0.510. The van der Waals surface area contributed by atoms with E-state index in [2.05, 4.69) is 33.8 Å². The minimum Gasteiger partial charge on any atom is -0.198 e. The van der Waals surface area contributed by atoms with Gasteiger partial charge in [0.2, 0.25) is 0 Å². The first-order chi connectivity index (χ1) is 7.35. The zero-order chi connectivity index (χ0) is 12.2. The quantitative estimate of drug-likeness (QED) is 0.649. The van der Waals surface area contributed by atoms with Crippen LogP contribution in [-0.2, 0) is 0 Å². The first kappa shape index (κ1) is 13.6. The minimum absolute atomic E-state index is 0.481. The highest BCUT2D eigenvalue weighted by atomic mass is 14.4. The van der Waals surface area contributed by atoms with Crippen LogP contribution in [0.25, 0.3) is 0 Å². The van der Waals surface area contributed by atoms with E-state index in [1.54, 1.807) is 0 Å². The maximum atomic E-state index is 8.68. The van der Waals surface area contributed by atoms with Gasteiger partial charge in [0.1, 0.15) is 0 Å². The van der Waals surface area contributed by atoms with E-state index in [4.69, 9.17) is 5.26 Å². The molecule has 0 aromatic rings. The maximum absolute atomic E-state index is 8.68. The second kappa shape index (κ2) is 5.21. The summed E-state index contributed by atoms with van der Waals surface area (Å²) in [6.45, 7) is 9.62. The molecule has 0 aromatic carbocycles. The Morgan fingerprint density at radius 2 is 1.56 bits per heavy atom. The lowest BCUT2D eigenvalue weighted by molar-refractivity contribution is 0.124. The summed E-state index contributed by atoms with van der Waals surface area (Å²) in [6.07, 6.45) is 8.49. The van der Waals surface area contributed by atoms with Crippen LogP contribution in [0, 0.1) is 28.1 Å². The zero-order valence-electron chi connectivity index (χ0n) is 11.5. The van der Waals surface area contributed by atoms with Crippen molar-refractivity contribution in [1.82, 2.24) is 0 Å². The Labute approximate surface area is 101 Å². The molecule has 1 saturated carbocycles. The molecule has 1 nitrogen and oxygen atoms in total. The predicted octanol–water partition coefficient (Wildman–Crippen LogP) is 4.92. The first-order valence-electron chi connectivity index (χ1n) is 6.72. The Morgan fingerprint density at radius 3 is 2.00 bits per heavy atom. The molecule has 1 rings (SSSR count). The van der Waals surface area contributed by atoms with Gasteiger partial charge in [-0.15, -0.1) is 0 Å². The van der Waals surface area contributed by atoms with Gasteiger partial charge in [0, 0.05) is 6.42 Å². The summed E-state index contributed by atoms with van der Waals surface area (Å²) in [4.78, 5) is 0. The molecule has 0 aromatic heterocycles. The van der Waals surface area contributed by atoms with Gasteiger partial charge in [0.15, 0.2) is 0 Å². The topological polar surface area (TPSA) is 23.8 Å². The van der Waals surface area contributed by atoms with Crippen LogP contribution in [0.5, 0.6) is 0 Å². The lowest BCUT2D eigenvalue weighted by Gasteiger charge is -2.39. The molecule has 0 spiro atoms. The van der Waals surface area contributed by atoms with Gasteiger partial charge in [-0.05, 0) is 55.3 Å². The predicted molar refractivity (Wildman–Crippen MR) is 69.0 cm³/mol. The molecule has 16 heavy (non-hydrogen) atoms. The molecule has 0 amide bonds. The SMILES string of the molecule is CC1(C)CCC(CCC#N)CCC(C)(C)C1. The molecule has 0 radical (unpaired) electrons. The molecule has 0 N–H and O–H groups in total. The van der Waals surface area contributed by atoms with Crippen molar-refractivity contribution in [2.75, 3.05) is 0 Å². The second-order valence-electron chi connectivity index (χ2n) is 7.15. The molecule has 1 aliphatic rings. The van der Waals surface area contributed by atoms with Crippen LogP contribution >= 0.6 is 0 Å². The summed E-state index contributed by atoms with van der Waals surface area (Å²) in [6, 6.07) is 2.29. The van der Waals surface area contributed by atoms with E-state index in [0.29, 0.717) is 10.8 Å². The molecule has 0 bridgehead atoms. The summed E-state index contributed by atoms with van der Waals surface area (Å²) in [5.41, 5.74) is 0.962. The fourth-order valence-corrected chi connectivity index (χ4v) is 3.36. The van der Waals surface area contributed by atoms with Crippen molar-refractivity contribution in [2.24, 2.45) is 16.7 Å². The van der Waals surface area contributed by atoms with Gasteiger partial charge in [-0.3, -0.25) is 0 Å². The molecule has 1 fully saturated rings. The second-order valence-corrected chi connectivity index (χ2v) is 7.15. The standard InChI is InChI=1S/C15H27N/c1-14(2)9-7-13(6-5-11-16)8-10-15(3,4)12-14/h13H,5-10,12H2,1-4H3. The monoisotopic (exact) mass is 221 g/mol. The van der Waals surface area contributed by atoms with E-state index < -0.39 is 0 Å². The highest BCUT2D eigenvalue weighted by Crippen LogP contribution is 2.44. The van der Waals surface area contributed by atoms with Gasteiger partial charge < -0.3 is 0 Å². The van der Waals surface area contributed by atoms with Crippen LogP contribution in [0.1, 0.15) is 72.6 Å². The molecule has 0 unspecified atom stereocenters. The number of nitrogens with zero attached hydrogens (tertiary/aromatic N) is 1. The molecule has 1 heteroatoms. The van der Waals surface area contributed by atoms with Gasteiger partial charge in [0.05, 0.1) is 6.07 Å². The summed E-state index contributed by atoms with van der Waals surface area (Å²) >= 11 is 0. The molecule has 0 saturated heterocycles. The van der Waals surface area contributed by atoms with Gasteiger partial charge in [0.25, 0.3) is 0 Å². The van der Waals surface area contributed by atoms with Crippen LogP contribution in [0.15, 0.2) is 0 Å².